The molecule has 22 heavy (non-hydrogen) atoms. The van der Waals surface area contributed by atoms with Crippen LogP contribution in [-0.2, 0) is 11.3 Å². The van der Waals surface area contributed by atoms with Crippen LogP contribution in [0.3, 0.4) is 0 Å². The second-order valence-electron chi connectivity index (χ2n) is 4.85. The van der Waals surface area contributed by atoms with Crippen molar-refractivity contribution in [2.45, 2.75) is 19.6 Å². The molecular formula is C17H18N2O3. The highest BCUT2D eigenvalue weighted by molar-refractivity contribution is 5.92. The molecule has 5 nitrogen and oxygen atoms in total. The normalized spacial score (nSPS) is 11.5. The number of carbonyl (C=O) groups excluding carboxylic acids is 2. The number of nitrogens with two attached hydrogens (primary N) is 1. The second kappa shape index (κ2) is 7.26. The predicted octanol–water partition coefficient (Wildman–Crippen LogP) is 1.87. The maximum absolute atomic E-state index is 12.0. The fourth-order valence-corrected chi connectivity index (χ4v) is 1.88. The molecule has 3 N–H and O–H groups in total. The van der Waals surface area contributed by atoms with Crippen LogP contribution in [0.2, 0.25) is 0 Å². The van der Waals surface area contributed by atoms with Gasteiger partial charge in [-0.25, -0.2) is 0 Å². The molecule has 1 atom stereocenters. The minimum atomic E-state index is -0.636. The molecule has 2 aromatic rings. The first-order valence-corrected chi connectivity index (χ1v) is 6.94. The van der Waals surface area contributed by atoms with E-state index in [1.807, 2.05) is 30.3 Å². The Balaban J connectivity index is 1.86. The van der Waals surface area contributed by atoms with Gasteiger partial charge in [0.05, 0.1) is 0 Å². The SMILES string of the molecule is C[C@@H](Oc1ccc(C(N)=O)cc1)C(=O)NCc1ccccc1. The Kier molecular flexibility index (Phi) is 5.14. The van der Waals surface area contributed by atoms with Crippen LogP contribution in [0.1, 0.15) is 22.8 Å². The van der Waals surface area contributed by atoms with Gasteiger partial charge in [-0.15, -0.1) is 0 Å². The molecule has 0 fully saturated rings. The smallest absolute Gasteiger partial charge is 0.261 e. The van der Waals surface area contributed by atoms with E-state index in [2.05, 4.69) is 5.32 Å². The lowest BCUT2D eigenvalue weighted by Crippen LogP contribution is -2.35. The molecular weight excluding hydrogens is 280 g/mol. The number of hydrogen-bond donors (Lipinski definition) is 2. The molecule has 0 spiro atoms. The van der Waals surface area contributed by atoms with Crippen molar-refractivity contribution >= 4 is 11.8 Å². The van der Waals surface area contributed by atoms with E-state index in [0.29, 0.717) is 17.9 Å². The topological polar surface area (TPSA) is 81.4 Å². The van der Waals surface area contributed by atoms with Crippen LogP contribution in [-0.4, -0.2) is 17.9 Å². The van der Waals surface area contributed by atoms with E-state index in [1.54, 1.807) is 31.2 Å². The summed E-state index contributed by atoms with van der Waals surface area (Å²) in [5, 5.41) is 2.81. The lowest BCUT2D eigenvalue weighted by molar-refractivity contribution is -0.127. The summed E-state index contributed by atoms with van der Waals surface area (Å²) in [6.45, 7) is 2.12. The summed E-state index contributed by atoms with van der Waals surface area (Å²) in [5.41, 5.74) is 6.58. The molecule has 0 saturated carbocycles. The Hall–Kier alpha value is -2.82. The zero-order valence-corrected chi connectivity index (χ0v) is 12.3. The fourth-order valence-electron chi connectivity index (χ4n) is 1.88. The van der Waals surface area contributed by atoms with Crippen molar-refractivity contribution in [1.29, 1.82) is 0 Å². The van der Waals surface area contributed by atoms with Gasteiger partial charge in [0.15, 0.2) is 6.10 Å². The largest absolute Gasteiger partial charge is 0.481 e. The van der Waals surface area contributed by atoms with E-state index in [0.717, 1.165) is 5.56 Å². The van der Waals surface area contributed by atoms with Crippen LogP contribution in [0.15, 0.2) is 54.6 Å². The first-order chi connectivity index (χ1) is 10.6. The Morgan fingerprint density at radius 3 is 2.32 bits per heavy atom. The fraction of sp³-hybridized carbons (Fsp3) is 0.176. The van der Waals surface area contributed by atoms with Crippen molar-refractivity contribution < 1.29 is 14.3 Å². The predicted molar refractivity (Wildman–Crippen MR) is 83.3 cm³/mol. The van der Waals surface area contributed by atoms with Crippen molar-refractivity contribution in [2.24, 2.45) is 5.73 Å². The Labute approximate surface area is 129 Å². The van der Waals surface area contributed by atoms with Crippen molar-refractivity contribution in [3.8, 4) is 5.75 Å². The average molecular weight is 298 g/mol. The monoisotopic (exact) mass is 298 g/mol. The number of nitrogens with one attached hydrogen (secondary N) is 1. The standard InChI is InChI=1S/C17H18N2O3/c1-12(17(21)19-11-13-5-3-2-4-6-13)22-15-9-7-14(8-10-15)16(18)20/h2-10,12H,11H2,1H3,(H2,18,20)(H,19,21)/t12-/m1/s1. The third-order valence-corrected chi connectivity index (χ3v) is 3.13. The first kappa shape index (κ1) is 15.6. The van der Waals surface area contributed by atoms with Crippen LogP contribution in [0.4, 0.5) is 0 Å². The minimum absolute atomic E-state index is 0.206. The van der Waals surface area contributed by atoms with Gasteiger partial charge in [0, 0.05) is 12.1 Å². The molecule has 0 heterocycles. The number of carbonyl (C=O) groups is 2. The highest BCUT2D eigenvalue weighted by Crippen LogP contribution is 2.13. The van der Waals surface area contributed by atoms with Gasteiger partial charge in [0.25, 0.3) is 5.91 Å². The van der Waals surface area contributed by atoms with Gasteiger partial charge in [-0.1, -0.05) is 30.3 Å². The summed E-state index contributed by atoms with van der Waals surface area (Å²) < 4.78 is 5.54. The van der Waals surface area contributed by atoms with Crippen LogP contribution >= 0.6 is 0 Å². The van der Waals surface area contributed by atoms with Gasteiger partial charge in [-0.3, -0.25) is 9.59 Å². The first-order valence-electron chi connectivity index (χ1n) is 6.94. The molecule has 114 valence electrons. The highest BCUT2D eigenvalue weighted by Gasteiger charge is 2.14. The number of ether oxygens (including phenoxy) is 1. The molecule has 2 amide bonds. The van der Waals surface area contributed by atoms with Gasteiger partial charge in [-0.2, -0.15) is 0 Å². The number of amides is 2. The highest BCUT2D eigenvalue weighted by atomic mass is 16.5. The Bertz CT molecular complexity index is 639. The van der Waals surface area contributed by atoms with E-state index >= 15 is 0 Å². The molecule has 0 aliphatic heterocycles. The summed E-state index contributed by atoms with van der Waals surface area (Å²) >= 11 is 0. The summed E-state index contributed by atoms with van der Waals surface area (Å²) in [7, 11) is 0. The van der Waals surface area contributed by atoms with E-state index in [4.69, 9.17) is 10.5 Å². The quantitative estimate of drug-likeness (QED) is 0.854. The van der Waals surface area contributed by atoms with E-state index in [9.17, 15) is 9.59 Å². The van der Waals surface area contributed by atoms with E-state index in [-0.39, 0.29) is 5.91 Å². The van der Waals surface area contributed by atoms with Gasteiger partial charge in [-0.05, 0) is 36.8 Å². The summed E-state index contributed by atoms with van der Waals surface area (Å²) in [4.78, 5) is 23.0. The molecule has 0 unspecified atom stereocenters. The second-order valence-corrected chi connectivity index (χ2v) is 4.85. The third kappa shape index (κ3) is 4.34. The lowest BCUT2D eigenvalue weighted by atomic mass is 10.2. The molecule has 0 aliphatic rings. The Morgan fingerprint density at radius 2 is 1.73 bits per heavy atom. The zero-order valence-electron chi connectivity index (χ0n) is 12.3. The molecule has 0 radical (unpaired) electrons. The van der Waals surface area contributed by atoms with Crippen LogP contribution in [0.25, 0.3) is 0 Å². The van der Waals surface area contributed by atoms with Crippen LogP contribution < -0.4 is 15.8 Å². The number of benzene rings is 2. The number of rotatable bonds is 6. The third-order valence-electron chi connectivity index (χ3n) is 3.13. The Morgan fingerprint density at radius 1 is 1.09 bits per heavy atom. The maximum atomic E-state index is 12.0. The lowest BCUT2D eigenvalue weighted by Gasteiger charge is -2.15. The van der Waals surface area contributed by atoms with Gasteiger partial charge < -0.3 is 15.8 Å². The molecule has 5 heteroatoms. The van der Waals surface area contributed by atoms with Crippen molar-refractivity contribution in [3.63, 3.8) is 0 Å². The molecule has 0 bridgehead atoms. The molecule has 0 aromatic heterocycles. The van der Waals surface area contributed by atoms with Crippen molar-refractivity contribution in [2.75, 3.05) is 0 Å². The minimum Gasteiger partial charge on any atom is -0.481 e. The van der Waals surface area contributed by atoms with Crippen LogP contribution in [0, 0.1) is 0 Å². The van der Waals surface area contributed by atoms with Crippen molar-refractivity contribution in [1.82, 2.24) is 5.32 Å². The molecule has 2 aromatic carbocycles. The zero-order chi connectivity index (χ0) is 15.9. The van der Waals surface area contributed by atoms with Crippen molar-refractivity contribution in [3.05, 3.63) is 65.7 Å². The van der Waals surface area contributed by atoms with Gasteiger partial charge >= 0.3 is 0 Å². The molecule has 2 rings (SSSR count). The average Bonchev–Trinajstić information content (AvgIpc) is 2.54. The maximum Gasteiger partial charge on any atom is 0.261 e. The number of hydrogen-bond acceptors (Lipinski definition) is 3. The summed E-state index contributed by atoms with van der Waals surface area (Å²) in [6, 6.07) is 16.0. The summed E-state index contributed by atoms with van der Waals surface area (Å²) in [5.74, 6) is -0.199. The van der Waals surface area contributed by atoms with Gasteiger partial charge in [0.1, 0.15) is 5.75 Å². The van der Waals surface area contributed by atoms with E-state index in [1.165, 1.54) is 0 Å². The van der Waals surface area contributed by atoms with E-state index < -0.39 is 12.0 Å². The van der Waals surface area contributed by atoms with Gasteiger partial charge in [0.2, 0.25) is 5.91 Å². The number of primary amides is 1. The molecule has 0 saturated heterocycles. The van der Waals surface area contributed by atoms with Crippen LogP contribution in [0.5, 0.6) is 5.75 Å². The summed E-state index contributed by atoms with van der Waals surface area (Å²) in [6.07, 6.45) is -0.636. The molecule has 0 aliphatic carbocycles.